The minimum Gasteiger partial charge on any atom is -0.366 e. The normalized spacial score (nSPS) is 10.0. The van der Waals surface area contributed by atoms with Crippen LogP contribution in [-0.2, 0) is 0 Å². The molecule has 2 aromatic rings. The lowest BCUT2D eigenvalue weighted by Gasteiger charge is -2.03. The molecule has 0 aromatic carbocycles. The molecule has 17 heavy (non-hydrogen) atoms. The predicted molar refractivity (Wildman–Crippen MR) is 71.6 cm³/mol. The Balaban J connectivity index is 2.28. The molecule has 0 radical (unpaired) electrons. The van der Waals surface area contributed by atoms with Gasteiger partial charge in [0, 0.05) is 13.2 Å². The van der Waals surface area contributed by atoms with E-state index in [1.54, 1.807) is 30.3 Å². The second kappa shape index (κ2) is 5.11. The van der Waals surface area contributed by atoms with E-state index in [0.717, 1.165) is 5.69 Å². The quantitative estimate of drug-likeness (QED) is 0.813. The average molecular weight is 268 g/mol. The zero-order valence-corrected chi connectivity index (χ0v) is 10.6. The molecule has 0 aliphatic heterocycles. The van der Waals surface area contributed by atoms with E-state index in [9.17, 15) is 0 Å². The van der Waals surface area contributed by atoms with Crippen molar-refractivity contribution in [2.75, 3.05) is 12.4 Å². The molecule has 0 aliphatic rings. The zero-order chi connectivity index (χ0) is 12.3. The van der Waals surface area contributed by atoms with Crippen LogP contribution in [-0.4, -0.2) is 26.9 Å². The first-order chi connectivity index (χ1) is 8.20. The summed E-state index contributed by atoms with van der Waals surface area (Å²) in [5, 5.41) is 10.7. The van der Waals surface area contributed by atoms with Crippen LogP contribution in [0.15, 0.2) is 30.7 Å². The van der Waals surface area contributed by atoms with E-state index in [-0.39, 0.29) is 0 Å². The molecule has 2 rings (SSSR count). The number of rotatable bonds is 2. The van der Waals surface area contributed by atoms with Crippen LogP contribution in [0.1, 0.15) is 0 Å². The number of halogens is 1. The predicted octanol–water partition coefficient (Wildman–Crippen LogP) is 1.84. The summed E-state index contributed by atoms with van der Waals surface area (Å²) in [6, 6.07) is 3.72. The van der Waals surface area contributed by atoms with E-state index in [1.165, 1.54) is 0 Å². The maximum Gasteiger partial charge on any atom is 0.175 e. The molecule has 2 N–H and O–H groups in total. The van der Waals surface area contributed by atoms with Crippen molar-refractivity contribution in [1.29, 1.82) is 0 Å². The van der Waals surface area contributed by atoms with Crippen LogP contribution in [0.2, 0.25) is 5.15 Å². The molecule has 0 saturated carbocycles. The Morgan fingerprint density at radius 1 is 1.53 bits per heavy atom. The van der Waals surface area contributed by atoms with Crippen molar-refractivity contribution in [3.05, 3.63) is 35.9 Å². The summed E-state index contributed by atoms with van der Waals surface area (Å²) in [7, 11) is 1.73. The van der Waals surface area contributed by atoms with E-state index in [0.29, 0.717) is 16.0 Å². The Bertz CT molecular complexity index is 525. The van der Waals surface area contributed by atoms with Crippen molar-refractivity contribution in [3.8, 4) is 5.69 Å². The van der Waals surface area contributed by atoms with Crippen LogP contribution in [0, 0.1) is 0 Å². The Hall–Kier alpha value is -1.66. The van der Waals surface area contributed by atoms with Gasteiger partial charge in [0.15, 0.2) is 10.3 Å². The SMILES string of the molecule is CNC(=S)Nc1cn(-c2cccnc2)nc1Cl. The molecule has 88 valence electrons. The van der Waals surface area contributed by atoms with Gasteiger partial charge in [0.25, 0.3) is 0 Å². The summed E-state index contributed by atoms with van der Waals surface area (Å²) in [6.45, 7) is 0. The molecule has 0 spiro atoms. The second-order valence-electron chi connectivity index (χ2n) is 3.19. The number of nitrogens with zero attached hydrogens (tertiary/aromatic N) is 3. The fraction of sp³-hybridized carbons (Fsp3) is 0.100. The lowest BCUT2D eigenvalue weighted by molar-refractivity contribution is 0.874. The third-order valence-electron chi connectivity index (χ3n) is 2.05. The molecule has 5 nitrogen and oxygen atoms in total. The van der Waals surface area contributed by atoms with Gasteiger partial charge in [0.05, 0.1) is 23.8 Å². The lowest BCUT2D eigenvalue weighted by atomic mass is 10.4. The molecule has 0 unspecified atom stereocenters. The number of hydrogen-bond acceptors (Lipinski definition) is 3. The van der Waals surface area contributed by atoms with Crippen LogP contribution in [0.3, 0.4) is 0 Å². The van der Waals surface area contributed by atoms with Gasteiger partial charge in [0.1, 0.15) is 0 Å². The number of hydrogen-bond donors (Lipinski definition) is 2. The maximum atomic E-state index is 5.99. The lowest BCUT2D eigenvalue weighted by Crippen LogP contribution is -2.23. The molecule has 0 aliphatic carbocycles. The molecule has 0 saturated heterocycles. The van der Waals surface area contributed by atoms with E-state index in [1.807, 2.05) is 12.1 Å². The molecule has 7 heteroatoms. The van der Waals surface area contributed by atoms with Gasteiger partial charge in [-0.2, -0.15) is 5.10 Å². The summed E-state index contributed by atoms with van der Waals surface area (Å²) < 4.78 is 1.63. The van der Waals surface area contributed by atoms with Crippen LogP contribution < -0.4 is 10.6 Å². The largest absolute Gasteiger partial charge is 0.366 e. The van der Waals surface area contributed by atoms with Crippen LogP contribution >= 0.6 is 23.8 Å². The summed E-state index contributed by atoms with van der Waals surface area (Å²) in [6.07, 6.45) is 5.15. The zero-order valence-electron chi connectivity index (χ0n) is 9.01. The Morgan fingerprint density at radius 3 is 3.00 bits per heavy atom. The minimum absolute atomic E-state index is 0.353. The van der Waals surface area contributed by atoms with Gasteiger partial charge in [-0.25, -0.2) is 4.68 Å². The highest BCUT2D eigenvalue weighted by molar-refractivity contribution is 7.80. The van der Waals surface area contributed by atoms with Crippen molar-refractivity contribution < 1.29 is 0 Å². The van der Waals surface area contributed by atoms with Gasteiger partial charge in [-0.15, -0.1) is 0 Å². The van der Waals surface area contributed by atoms with Crippen molar-refractivity contribution in [2.24, 2.45) is 0 Å². The average Bonchev–Trinajstić information content (AvgIpc) is 2.72. The van der Waals surface area contributed by atoms with Gasteiger partial charge in [-0.3, -0.25) is 4.98 Å². The van der Waals surface area contributed by atoms with Crippen molar-refractivity contribution in [1.82, 2.24) is 20.1 Å². The van der Waals surface area contributed by atoms with Gasteiger partial charge in [0.2, 0.25) is 0 Å². The first kappa shape index (κ1) is 11.8. The van der Waals surface area contributed by atoms with Gasteiger partial charge in [-0.1, -0.05) is 11.6 Å². The molecule has 0 amide bonds. The van der Waals surface area contributed by atoms with Gasteiger partial charge >= 0.3 is 0 Å². The second-order valence-corrected chi connectivity index (χ2v) is 3.96. The van der Waals surface area contributed by atoms with Crippen molar-refractivity contribution in [3.63, 3.8) is 0 Å². The van der Waals surface area contributed by atoms with Gasteiger partial charge < -0.3 is 10.6 Å². The third-order valence-corrected chi connectivity index (χ3v) is 2.64. The topological polar surface area (TPSA) is 54.8 Å². The molecule has 0 fully saturated rings. The van der Waals surface area contributed by atoms with Crippen molar-refractivity contribution in [2.45, 2.75) is 0 Å². The molecule has 0 atom stereocenters. The molecular weight excluding hydrogens is 258 g/mol. The summed E-state index contributed by atoms with van der Waals surface area (Å²) in [4.78, 5) is 4.01. The molecule has 2 heterocycles. The van der Waals surface area contributed by atoms with E-state index < -0.39 is 0 Å². The maximum absolute atomic E-state index is 5.99. The highest BCUT2D eigenvalue weighted by Gasteiger charge is 2.08. The highest BCUT2D eigenvalue weighted by atomic mass is 35.5. The Morgan fingerprint density at radius 2 is 2.35 bits per heavy atom. The first-order valence-electron chi connectivity index (χ1n) is 4.85. The van der Waals surface area contributed by atoms with E-state index >= 15 is 0 Å². The smallest absolute Gasteiger partial charge is 0.175 e. The fourth-order valence-electron chi connectivity index (χ4n) is 1.24. The van der Waals surface area contributed by atoms with Crippen molar-refractivity contribution >= 4 is 34.6 Å². The number of aromatic nitrogens is 3. The third kappa shape index (κ3) is 2.72. The monoisotopic (exact) mass is 267 g/mol. The summed E-state index contributed by atoms with van der Waals surface area (Å²) in [5.74, 6) is 0. The van der Waals surface area contributed by atoms with Crippen LogP contribution in [0.4, 0.5) is 5.69 Å². The highest BCUT2D eigenvalue weighted by Crippen LogP contribution is 2.21. The number of anilines is 1. The summed E-state index contributed by atoms with van der Waals surface area (Å²) in [5.41, 5.74) is 1.48. The van der Waals surface area contributed by atoms with E-state index in [2.05, 4.69) is 20.7 Å². The molecule has 0 bridgehead atoms. The molecular formula is C10H10ClN5S. The standard InChI is InChI=1S/C10H10ClN5S/c1-12-10(17)14-8-6-16(15-9(8)11)7-3-2-4-13-5-7/h2-6H,1H3,(H2,12,14,17). The van der Waals surface area contributed by atoms with Gasteiger partial charge in [-0.05, 0) is 24.4 Å². The number of nitrogens with one attached hydrogen (secondary N) is 2. The first-order valence-corrected chi connectivity index (χ1v) is 5.63. The minimum atomic E-state index is 0.353. The van der Waals surface area contributed by atoms with Crippen LogP contribution in [0.5, 0.6) is 0 Å². The summed E-state index contributed by atoms with van der Waals surface area (Å²) >= 11 is 11.0. The number of thiocarbonyl (C=S) groups is 1. The Labute approximate surface area is 109 Å². The van der Waals surface area contributed by atoms with Crippen LogP contribution in [0.25, 0.3) is 5.69 Å². The number of pyridine rings is 1. The fourth-order valence-corrected chi connectivity index (χ4v) is 1.53. The molecule has 2 aromatic heterocycles. The Kier molecular flexibility index (Phi) is 3.55. The van der Waals surface area contributed by atoms with E-state index in [4.69, 9.17) is 23.8 Å².